The molecular weight excluding hydrogens is 259 g/mol. The van der Waals surface area contributed by atoms with Crippen molar-refractivity contribution in [2.45, 2.75) is 51.2 Å². The zero-order valence-electron chi connectivity index (χ0n) is 10.7. The Morgan fingerprint density at radius 3 is 2.35 bits per heavy atom. The van der Waals surface area contributed by atoms with E-state index < -0.39 is 11.5 Å². The van der Waals surface area contributed by atoms with E-state index in [0.717, 1.165) is 30.6 Å². The molecule has 6 heteroatoms. The van der Waals surface area contributed by atoms with Crippen molar-refractivity contribution in [2.75, 3.05) is 13.2 Å². The molecule has 1 aliphatic rings. The highest BCUT2D eigenvalue weighted by Gasteiger charge is 2.43. The standard InChI is InChI=1S/C11H21O4PS/c1-4-14-16(13,15-5-2)17-11(3)9-7-6-8-10(11)12/h4-9H2,1-3H3. The predicted octanol–water partition coefficient (Wildman–Crippen LogP) is 3.80. The molecule has 17 heavy (non-hydrogen) atoms. The van der Waals surface area contributed by atoms with Crippen LogP contribution in [0.3, 0.4) is 0 Å². The lowest BCUT2D eigenvalue weighted by Crippen LogP contribution is -2.34. The quantitative estimate of drug-likeness (QED) is 0.693. The van der Waals surface area contributed by atoms with Gasteiger partial charge in [0.15, 0.2) is 0 Å². The molecule has 0 amide bonds. The van der Waals surface area contributed by atoms with E-state index in [9.17, 15) is 9.36 Å². The van der Waals surface area contributed by atoms with Crippen LogP contribution in [0.4, 0.5) is 0 Å². The van der Waals surface area contributed by atoms with Gasteiger partial charge >= 0.3 is 6.80 Å². The smallest absolute Gasteiger partial charge is 0.301 e. The topological polar surface area (TPSA) is 52.6 Å². The normalized spacial score (nSPS) is 26.2. The van der Waals surface area contributed by atoms with Gasteiger partial charge in [-0.2, -0.15) is 0 Å². The van der Waals surface area contributed by atoms with Gasteiger partial charge in [0.05, 0.1) is 18.0 Å². The van der Waals surface area contributed by atoms with Crippen LogP contribution in [0.15, 0.2) is 0 Å². The zero-order chi connectivity index (χ0) is 12.9. The molecule has 100 valence electrons. The van der Waals surface area contributed by atoms with Gasteiger partial charge in [-0.15, -0.1) is 0 Å². The van der Waals surface area contributed by atoms with Crippen LogP contribution in [0.2, 0.25) is 0 Å². The lowest BCUT2D eigenvalue weighted by molar-refractivity contribution is -0.122. The monoisotopic (exact) mass is 280 g/mol. The zero-order valence-corrected chi connectivity index (χ0v) is 12.4. The summed E-state index contributed by atoms with van der Waals surface area (Å²) in [7, 11) is 0. The molecule has 0 spiro atoms. The molecular formula is C11H21O4PS. The summed E-state index contributed by atoms with van der Waals surface area (Å²) in [4.78, 5) is 11.9. The highest BCUT2D eigenvalue weighted by atomic mass is 32.7. The minimum Gasteiger partial charge on any atom is -0.301 e. The number of ketones is 1. The molecule has 1 unspecified atom stereocenters. The van der Waals surface area contributed by atoms with Gasteiger partial charge in [0.2, 0.25) is 0 Å². The first-order valence-electron chi connectivity index (χ1n) is 6.09. The highest BCUT2D eigenvalue weighted by Crippen LogP contribution is 2.66. The van der Waals surface area contributed by atoms with Gasteiger partial charge in [0.25, 0.3) is 0 Å². The molecule has 1 aliphatic carbocycles. The van der Waals surface area contributed by atoms with Gasteiger partial charge in [-0.05, 0) is 45.0 Å². The van der Waals surface area contributed by atoms with E-state index in [-0.39, 0.29) is 5.78 Å². The fourth-order valence-electron chi connectivity index (χ4n) is 1.90. The second-order valence-corrected chi connectivity index (χ2v) is 8.62. The fraction of sp³-hybridized carbons (Fsp3) is 0.909. The Hall–Kier alpha value is 0.170. The molecule has 1 fully saturated rings. The molecule has 0 N–H and O–H groups in total. The fourth-order valence-corrected chi connectivity index (χ4v) is 6.66. The van der Waals surface area contributed by atoms with Crippen molar-refractivity contribution in [1.82, 2.24) is 0 Å². The van der Waals surface area contributed by atoms with E-state index in [1.807, 2.05) is 6.92 Å². The minimum absolute atomic E-state index is 0.161. The summed E-state index contributed by atoms with van der Waals surface area (Å²) in [6.07, 6.45) is 3.25. The minimum atomic E-state index is -3.19. The number of carbonyl (C=O) groups excluding carboxylic acids is 1. The highest BCUT2D eigenvalue weighted by molar-refractivity contribution is 8.56. The summed E-state index contributed by atoms with van der Waals surface area (Å²) in [5, 5.41) is 0. The molecule has 0 heterocycles. The molecule has 1 saturated carbocycles. The first-order chi connectivity index (χ1) is 7.96. The third kappa shape index (κ3) is 4.09. The van der Waals surface area contributed by atoms with Crippen LogP contribution in [-0.4, -0.2) is 23.7 Å². The van der Waals surface area contributed by atoms with Crippen molar-refractivity contribution in [1.29, 1.82) is 0 Å². The number of hydrogen-bond acceptors (Lipinski definition) is 5. The molecule has 0 saturated heterocycles. The average molecular weight is 280 g/mol. The van der Waals surface area contributed by atoms with Crippen molar-refractivity contribution < 1.29 is 18.4 Å². The van der Waals surface area contributed by atoms with E-state index in [0.29, 0.717) is 19.6 Å². The third-order valence-corrected chi connectivity index (χ3v) is 7.50. The number of hydrogen-bond donors (Lipinski definition) is 0. The third-order valence-electron chi connectivity index (χ3n) is 2.79. The van der Waals surface area contributed by atoms with E-state index in [1.54, 1.807) is 13.8 Å². The summed E-state index contributed by atoms with van der Waals surface area (Å²) in [6, 6.07) is 0. The van der Waals surface area contributed by atoms with Crippen LogP contribution >= 0.6 is 18.2 Å². The van der Waals surface area contributed by atoms with Crippen molar-refractivity contribution >= 4 is 24.0 Å². The van der Waals surface area contributed by atoms with E-state index in [2.05, 4.69) is 0 Å². The maximum atomic E-state index is 12.4. The average Bonchev–Trinajstić information content (AvgIpc) is 2.23. The van der Waals surface area contributed by atoms with E-state index >= 15 is 0 Å². The van der Waals surface area contributed by atoms with Gasteiger partial charge < -0.3 is 9.05 Å². The molecule has 1 rings (SSSR count). The van der Waals surface area contributed by atoms with Gasteiger partial charge in [0.1, 0.15) is 5.78 Å². The van der Waals surface area contributed by atoms with Crippen molar-refractivity contribution in [3.63, 3.8) is 0 Å². The predicted molar refractivity (Wildman–Crippen MR) is 70.3 cm³/mol. The van der Waals surface area contributed by atoms with Crippen LogP contribution in [0, 0.1) is 0 Å². The Balaban J connectivity index is 2.77. The summed E-state index contributed by atoms with van der Waals surface area (Å²) in [5.74, 6) is 0.161. The van der Waals surface area contributed by atoms with Crippen molar-refractivity contribution in [3.05, 3.63) is 0 Å². The summed E-state index contributed by atoms with van der Waals surface area (Å²) < 4.78 is 22.2. The Morgan fingerprint density at radius 2 is 1.88 bits per heavy atom. The number of Topliss-reactive ketones (excluding diaryl/α,β-unsaturated/α-hetero) is 1. The molecule has 0 bridgehead atoms. The van der Waals surface area contributed by atoms with Crippen molar-refractivity contribution in [3.8, 4) is 0 Å². The Labute approximate surface area is 107 Å². The number of rotatable bonds is 6. The summed E-state index contributed by atoms with van der Waals surface area (Å²) >= 11 is 1.09. The lowest BCUT2D eigenvalue weighted by atomic mass is 9.89. The summed E-state index contributed by atoms with van der Waals surface area (Å²) in [5.41, 5.74) is 0. The first kappa shape index (κ1) is 15.2. The Bertz CT molecular complexity index is 311. The second-order valence-electron chi connectivity index (χ2n) is 4.24. The van der Waals surface area contributed by atoms with Crippen LogP contribution in [0.25, 0.3) is 0 Å². The van der Waals surface area contributed by atoms with Gasteiger partial charge in [-0.1, -0.05) is 6.42 Å². The Kier molecular flexibility index (Phi) is 5.71. The van der Waals surface area contributed by atoms with Crippen LogP contribution in [0.1, 0.15) is 46.5 Å². The molecule has 4 nitrogen and oxygen atoms in total. The second kappa shape index (κ2) is 6.37. The SMILES string of the molecule is CCOP(=O)(OCC)SC1(C)CCCCC1=O. The van der Waals surface area contributed by atoms with Gasteiger partial charge in [-0.25, -0.2) is 4.57 Å². The lowest BCUT2D eigenvalue weighted by Gasteiger charge is -2.33. The van der Waals surface area contributed by atoms with Gasteiger partial charge in [0, 0.05) is 6.42 Å². The van der Waals surface area contributed by atoms with Crippen molar-refractivity contribution in [2.24, 2.45) is 0 Å². The molecule has 0 aliphatic heterocycles. The molecule has 0 aromatic rings. The Morgan fingerprint density at radius 1 is 1.29 bits per heavy atom. The maximum absolute atomic E-state index is 12.4. The van der Waals surface area contributed by atoms with E-state index in [1.165, 1.54) is 0 Å². The molecule has 0 radical (unpaired) electrons. The van der Waals surface area contributed by atoms with Gasteiger partial charge in [-0.3, -0.25) is 4.79 Å². The van der Waals surface area contributed by atoms with Crippen LogP contribution < -0.4 is 0 Å². The van der Waals surface area contributed by atoms with E-state index in [4.69, 9.17) is 9.05 Å². The molecule has 0 aromatic heterocycles. The van der Waals surface area contributed by atoms with Crippen LogP contribution in [-0.2, 0) is 18.4 Å². The molecule has 0 aromatic carbocycles. The maximum Gasteiger partial charge on any atom is 0.390 e. The summed E-state index contributed by atoms with van der Waals surface area (Å²) in [6.45, 7) is 2.86. The largest absolute Gasteiger partial charge is 0.390 e. The first-order valence-corrected chi connectivity index (χ1v) is 9.05. The van der Waals surface area contributed by atoms with Crippen LogP contribution in [0.5, 0.6) is 0 Å². The molecule has 1 atom stereocenters. The number of carbonyl (C=O) groups is 1.